The van der Waals surface area contributed by atoms with Gasteiger partial charge in [-0.3, -0.25) is 9.59 Å². The van der Waals surface area contributed by atoms with Gasteiger partial charge in [0.1, 0.15) is 10.6 Å². The summed E-state index contributed by atoms with van der Waals surface area (Å²) < 4.78 is 32.3. The molecule has 1 aromatic rings. The second kappa shape index (κ2) is 7.14. The summed E-state index contributed by atoms with van der Waals surface area (Å²) in [4.78, 5) is 25.3. The van der Waals surface area contributed by atoms with Gasteiger partial charge in [-0.15, -0.1) is 0 Å². The van der Waals surface area contributed by atoms with Crippen molar-refractivity contribution in [3.8, 4) is 0 Å². The molecule has 0 spiro atoms. The molecule has 23 heavy (non-hydrogen) atoms. The number of ether oxygens (including phenoxy) is 1. The van der Waals surface area contributed by atoms with Crippen LogP contribution in [0.15, 0.2) is 15.9 Å². The minimum atomic E-state index is -3.98. The molecule has 0 radical (unpaired) electrons. The van der Waals surface area contributed by atoms with E-state index in [1.807, 2.05) is 0 Å². The van der Waals surface area contributed by atoms with Gasteiger partial charge in [0.05, 0.1) is 13.0 Å². The van der Waals surface area contributed by atoms with E-state index >= 15 is 0 Å². The molecule has 8 nitrogen and oxygen atoms in total. The summed E-state index contributed by atoms with van der Waals surface area (Å²) >= 11 is 0. The standard InChI is InChI=1S/C14H21N3O5S/c1-2-22-11(18)6-10-8-16-14(19)12(15)13(10)23(20,21)17-7-9-4-3-5-9/h8-9,17H,2-7,15H2,1H3,(H,16,19). The van der Waals surface area contributed by atoms with Gasteiger partial charge < -0.3 is 15.5 Å². The molecule has 1 aliphatic rings. The molecule has 0 aromatic carbocycles. The van der Waals surface area contributed by atoms with Crippen LogP contribution in [-0.2, 0) is 26.0 Å². The van der Waals surface area contributed by atoms with Crippen molar-refractivity contribution in [2.75, 3.05) is 18.9 Å². The first-order valence-corrected chi connectivity index (χ1v) is 8.98. The van der Waals surface area contributed by atoms with Crippen molar-refractivity contribution in [1.29, 1.82) is 0 Å². The zero-order valence-corrected chi connectivity index (χ0v) is 13.7. The molecular formula is C14H21N3O5S. The summed E-state index contributed by atoms with van der Waals surface area (Å²) in [5, 5.41) is 0. The lowest BCUT2D eigenvalue weighted by Crippen LogP contribution is -2.34. The molecule has 9 heteroatoms. The second-order valence-electron chi connectivity index (χ2n) is 5.52. The number of sulfonamides is 1. The van der Waals surface area contributed by atoms with Crippen LogP contribution in [-0.4, -0.2) is 32.5 Å². The van der Waals surface area contributed by atoms with Gasteiger partial charge in [-0.25, -0.2) is 13.1 Å². The Balaban J connectivity index is 2.31. The fraction of sp³-hybridized carbons (Fsp3) is 0.571. The van der Waals surface area contributed by atoms with Crippen LogP contribution in [0.5, 0.6) is 0 Å². The summed E-state index contributed by atoms with van der Waals surface area (Å²) in [5.74, 6) is -0.282. The first-order chi connectivity index (χ1) is 10.8. The third kappa shape index (κ3) is 4.11. The first-order valence-electron chi connectivity index (χ1n) is 7.50. The highest BCUT2D eigenvalue weighted by Crippen LogP contribution is 2.26. The van der Waals surface area contributed by atoms with Gasteiger partial charge in [-0.2, -0.15) is 0 Å². The van der Waals surface area contributed by atoms with Gasteiger partial charge in [0.25, 0.3) is 5.56 Å². The number of carbonyl (C=O) groups is 1. The molecule has 0 atom stereocenters. The van der Waals surface area contributed by atoms with Crippen LogP contribution >= 0.6 is 0 Å². The topological polar surface area (TPSA) is 131 Å². The van der Waals surface area contributed by atoms with Crippen molar-refractivity contribution in [3.05, 3.63) is 22.1 Å². The smallest absolute Gasteiger partial charge is 0.310 e. The maximum Gasteiger partial charge on any atom is 0.310 e. The maximum absolute atomic E-state index is 12.5. The Kier molecular flexibility index (Phi) is 5.42. The number of nitrogen functional groups attached to an aromatic ring is 1. The molecule has 128 valence electrons. The Hall–Kier alpha value is -1.87. The number of anilines is 1. The van der Waals surface area contributed by atoms with Gasteiger partial charge in [0, 0.05) is 18.3 Å². The highest BCUT2D eigenvalue weighted by Gasteiger charge is 2.27. The number of hydrogen-bond acceptors (Lipinski definition) is 6. The summed E-state index contributed by atoms with van der Waals surface area (Å²) in [5.41, 5.74) is 4.64. The largest absolute Gasteiger partial charge is 0.466 e. The quantitative estimate of drug-likeness (QED) is 0.604. The third-order valence-corrected chi connectivity index (χ3v) is 5.42. The molecule has 0 bridgehead atoms. The normalized spacial score (nSPS) is 15.2. The average Bonchev–Trinajstić information content (AvgIpc) is 2.41. The lowest BCUT2D eigenvalue weighted by molar-refractivity contribution is -0.142. The highest BCUT2D eigenvalue weighted by atomic mass is 32.2. The molecule has 0 amide bonds. The monoisotopic (exact) mass is 343 g/mol. The predicted molar refractivity (Wildman–Crippen MR) is 84.3 cm³/mol. The minimum absolute atomic E-state index is 0.113. The Labute approximate surface area is 134 Å². The summed E-state index contributed by atoms with van der Waals surface area (Å²) in [6.45, 7) is 2.13. The number of pyridine rings is 1. The van der Waals surface area contributed by atoms with E-state index in [1.54, 1.807) is 6.92 Å². The fourth-order valence-electron chi connectivity index (χ4n) is 2.38. The molecule has 0 unspecified atom stereocenters. The number of H-pyrrole nitrogens is 1. The van der Waals surface area contributed by atoms with E-state index in [-0.39, 0.29) is 23.5 Å². The molecule has 4 N–H and O–H groups in total. The molecule has 1 heterocycles. The summed E-state index contributed by atoms with van der Waals surface area (Å²) in [6.07, 6.45) is 3.95. The zero-order chi connectivity index (χ0) is 17.0. The number of carbonyl (C=O) groups excluding carboxylic acids is 1. The lowest BCUT2D eigenvalue weighted by atomic mass is 9.86. The van der Waals surface area contributed by atoms with Crippen LogP contribution in [0.2, 0.25) is 0 Å². The Bertz CT molecular complexity index is 737. The van der Waals surface area contributed by atoms with Crippen molar-refractivity contribution < 1.29 is 17.9 Å². The van der Waals surface area contributed by atoms with Gasteiger partial charge >= 0.3 is 5.97 Å². The Morgan fingerprint density at radius 3 is 2.74 bits per heavy atom. The number of aromatic nitrogens is 1. The van der Waals surface area contributed by atoms with E-state index < -0.39 is 27.2 Å². The van der Waals surface area contributed by atoms with E-state index in [0.29, 0.717) is 12.5 Å². The van der Waals surface area contributed by atoms with Gasteiger partial charge in [-0.05, 0) is 25.7 Å². The van der Waals surface area contributed by atoms with Crippen LogP contribution in [0.1, 0.15) is 31.7 Å². The van der Waals surface area contributed by atoms with Crippen molar-refractivity contribution in [3.63, 3.8) is 0 Å². The first kappa shape index (κ1) is 17.5. The minimum Gasteiger partial charge on any atom is -0.466 e. The van der Waals surface area contributed by atoms with Crippen LogP contribution in [0.4, 0.5) is 5.69 Å². The SMILES string of the molecule is CCOC(=O)Cc1c[nH]c(=O)c(N)c1S(=O)(=O)NCC1CCC1. The van der Waals surface area contributed by atoms with Gasteiger partial charge in [0.15, 0.2) is 0 Å². The fourth-order valence-corrected chi connectivity index (χ4v) is 3.84. The lowest BCUT2D eigenvalue weighted by Gasteiger charge is -2.25. The van der Waals surface area contributed by atoms with Crippen molar-refractivity contribution >= 4 is 21.7 Å². The number of rotatable bonds is 7. The van der Waals surface area contributed by atoms with Gasteiger partial charge in [0.2, 0.25) is 10.0 Å². The number of nitrogens with two attached hydrogens (primary N) is 1. The van der Waals surface area contributed by atoms with Crippen LogP contribution < -0.4 is 16.0 Å². The van der Waals surface area contributed by atoms with Gasteiger partial charge in [-0.1, -0.05) is 6.42 Å². The number of nitrogens with one attached hydrogen (secondary N) is 2. The van der Waals surface area contributed by atoms with Crippen molar-refractivity contribution in [2.24, 2.45) is 5.92 Å². The Morgan fingerprint density at radius 1 is 1.48 bits per heavy atom. The summed E-state index contributed by atoms with van der Waals surface area (Å²) in [7, 11) is -3.98. The second-order valence-corrected chi connectivity index (χ2v) is 7.22. The summed E-state index contributed by atoms with van der Waals surface area (Å²) in [6, 6.07) is 0. The number of aromatic amines is 1. The van der Waals surface area contributed by atoms with E-state index in [9.17, 15) is 18.0 Å². The molecule has 2 rings (SSSR count). The molecule has 1 aliphatic carbocycles. The van der Waals surface area contributed by atoms with Crippen LogP contribution in [0.25, 0.3) is 0 Å². The average molecular weight is 343 g/mol. The van der Waals surface area contributed by atoms with E-state index in [2.05, 4.69) is 9.71 Å². The Morgan fingerprint density at radius 2 is 2.17 bits per heavy atom. The van der Waals surface area contributed by atoms with E-state index in [0.717, 1.165) is 19.3 Å². The molecular weight excluding hydrogens is 322 g/mol. The van der Waals surface area contributed by atoms with Crippen LogP contribution in [0.3, 0.4) is 0 Å². The predicted octanol–water partition coefficient (Wildman–Crippen LogP) is 0.141. The van der Waals surface area contributed by atoms with Crippen LogP contribution in [0, 0.1) is 5.92 Å². The highest BCUT2D eigenvalue weighted by molar-refractivity contribution is 7.89. The number of esters is 1. The molecule has 1 aromatic heterocycles. The molecule has 1 fully saturated rings. The van der Waals surface area contributed by atoms with E-state index in [4.69, 9.17) is 10.5 Å². The van der Waals surface area contributed by atoms with Crippen molar-refractivity contribution in [2.45, 2.75) is 37.5 Å². The van der Waals surface area contributed by atoms with Crippen molar-refractivity contribution in [1.82, 2.24) is 9.71 Å². The molecule has 1 saturated carbocycles. The zero-order valence-electron chi connectivity index (χ0n) is 12.9. The molecule has 0 aliphatic heterocycles. The maximum atomic E-state index is 12.5. The third-order valence-electron chi connectivity index (χ3n) is 3.85. The molecule has 0 saturated heterocycles. The number of hydrogen-bond donors (Lipinski definition) is 3. The van der Waals surface area contributed by atoms with E-state index in [1.165, 1.54) is 6.20 Å².